The fourth-order valence-corrected chi connectivity index (χ4v) is 2.93. The van der Waals surface area contributed by atoms with Crippen molar-refractivity contribution < 1.29 is 9.21 Å². The third-order valence-corrected chi connectivity index (χ3v) is 4.54. The van der Waals surface area contributed by atoms with Gasteiger partial charge in [0.2, 0.25) is 11.1 Å². The molecule has 0 fully saturated rings. The van der Waals surface area contributed by atoms with Crippen molar-refractivity contribution in [3.8, 4) is 5.69 Å². The molecule has 1 N–H and O–H groups in total. The van der Waals surface area contributed by atoms with Crippen LogP contribution in [-0.2, 0) is 11.3 Å². The summed E-state index contributed by atoms with van der Waals surface area (Å²) in [5.41, 5.74) is 2.12. The minimum absolute atomic E-state index is 0.105. The van der Waals surface area contributed by atoms with E-state index in [4.69, 9.17) is 4.42 Å². The van der Waals surface area contributed by atoms with Gasteiger partial charge in [0.1, 0.15) is 5.76 Å². The summed E-state index contributed by atoms with van der Waals surface area (Å²) in [5.74, 6) is 1.31. The fourth-order valence-electron chi connectivity index (χ4n) is 2.21. The van der Waals surface area contributed by atoms with Crippen molar-refractivity contribution in [2.24, 2.45) is 0 Å². The average molecular weight is 357 g/mol. The Morgan fingerprint density at radius 1 is 1.28 bits per heavy atom. The molecule has 1 amide bonds. The van der Waals surface area contributed by atoms with Crippen LogP contribution in [0.4, 0.5) is 0 Å². The molecule has 0 radical (unpaired) electrons. The molecule has 3 aromatic rings. The zero-order valence-electron chi connectivity index (χ0n) is 14.0. The number of rotatable bonds is 7. The number of thioether (sulfide) groups is 1. The summed E-state index contributed by atoms with van der Waals surface area (Å²) in [6.45, 7) is 4.66. The van der Waals surface area contributed by atoms with Crippen LogP contribution in [0, 0.1) is 0 Å². The van der Waals surface area contributed by atoms with Gasteiger partial charge in [0.05, 0.1) is 24.2 Å². The SMILES string of the molecule is CC(C)c1ccc(-n2nnnc2SCC(=O)NCc2ccco2)cc1. The Bertz CT molecular complexity index is 812. The Hall–Kier alpha value is -2.61. The standard InChI is InChI=1S/C17H19N5O2S/c1-12(2)13-5-7-14(8-6-13)22-17(19-20-21-22)25-11-16(23)18-10-15-4-3-9-24-15/h3-9,12H,10-11H2,1-2H3,(H,18,23). The predicted molar refractivity (Wildman–Crippen MR) is 94.5 cm³/mol. The van der Waals surface area contributed by atoms with Gasteiger partial charge >= 0.3 is 0 Å². The lowest BCUT2D eigenvalue weighted by Gasteiger charge is -2.08. The molecule has 3 rings (SSSR count). The number of hydrogen-bond acceptors (Lipinski definition) is 6. The number of amides is 1. The van der Waals surface area contributed by atoms with Gasteiger partial charge in [-0.15, -0.1) is 5.10 Å². The summed E-state index contributed by atoms with van der Waals surface area (Å²) >= 11 is 1.29. The molecule has 1 aromatic carbocycles. The second-order valence-corrected chi connectivity index (χ2v) is 6.71. The van der Waals surface area contributed by atoms with E-state index in [1.807, 2.05) is 18.2 Å². The third kappa shape index (κ3) is 4.48. The van der Waals surface area contributed by atoms with Gasteiger partial charge in [-0.3, -0.25) is 4.79 Å². The number of nitrogens with one attached hydrogen (secondary N) is 1. The highest BCUT2D eigenvalue weighted by Crippen LogP contribution is 2.20. The molecular formula is C17H19N5O2S. The third-order valence-electron chi connectivity index (χ3n) is 3.62. The smallest absolute Gasteiger partial charge is 0.230 e. The second-order valence-electron chi connectivity index (χ2n) is 5.76. The summed E-state index contributed by atoms with van der Waals surface area (Å²) in [4.78, 5) is 11.9. The van der Waals surface area contributed by atoms with Crippen LogP contribution in [0.5, 0.6) is 0 Å². The lowest BCUT2D eigenvalue weighted by atomic mass is 10.0. The van der Waals surface area contributed by atoms with Gasteiger partial charge in [-0.25, -0.2) is 0 Å². The monoisotopic (exact) mass is 357 g/mol. The van der Waals surface area contributed by atoms with Gasteiger partial charge in [0.25, 0.3) is 0 Å². The topological polar surface area (TPSA) is 85.8 Å². The lowest BCUT2D eigenvalue weighted by Crippen LogP contribution is -2.24. The van der Waals surface area contributed by atoms with Crippen LogP contribution in [0.15, 0.2) is 52.2 Å². The van der Waals surface area contributed by atoms with Gasteiger partial charge in [-0.2, -0.15) is 4.68 Å². The van der Waals surface area contributed by atoms with Crippen molar-refractivity contribution in [3.05, 3.63) is 54.0 Å². The van der Waals surface area contributed by atoms with E-state index in [9.17, 15) is 4.79 Å². The molecule has 130 valence electrons. The minimum Gasteiger partial charge on any atom is -0.467 e. The van der Waals surface area contributed by atoms with Gasteiger partial charge < -0.3 is 9.73 Å². The predicted octanol–water partition coefficient (Wildman–Crippen LogP) is 2.79. The van der Waals surface area contributed by atoms with Gasteiger partial charge in [-0.1, -0.05) is 37.7 Å². The average Bonchev–Trinajstić information content (AvgIpc) is 3.29. The largest absolute Gasteiger partial charge is 0.467 e. The van der Waals surface area contributed by atoms with Crippen LogP contribution in [0.25, 0.3) is 5.69 Å². The van der Waals surface area contributed by atoms with Crippen molar-refractivity contribution in [1.29, 1.82) is 0 Å². The van der Waals surface area contributed by atoms with Crippen LogP contribution in [0.3, 0.4) is 0 Å². The summed E-state index contributed by atoms with van der Waals surface area (Å²) in [5, 5.41) is 15.1. The highest BCUT2D eigenvalue weighted by atomic mass is 32.2. The van der Waals surface area contributed by atoms with Crippen molar-refractivity contribution in [3.63, 3.8) is 0 Å². The Labute approximate surface area is 149 Å². The van der Waals surface area contributed by atoms with Gasteiger partial charge in [-0.05, 0) is 46.2 Å². The molecule has 0 aliphatic heterocycles. The Morgan fingerprint density at radius 2 is 2.08 bits per heavy atom. The molecule has 0 aliphatic rings. The number of nitrogens with zero attached hydrogens (tertiary/aromatic N) is 4. The zero-order valence-corrected chi connectivity index (χ0v) is 14.9. The van der Waals surface area contributed by atoms with Crippen LogP contribution in [0.2, 0.25) is 0 Å². The number of tetrazole rings is 1. The van der Waals surface area contributed by atoms with Crippen LogP contribution < -0.4 is 5.32 Å². The van der Waals surface area contributed by atoms with E-state index in [-0.39, 0.29) is 11.7 Å². The highest BCUT2D eigenvalue weighted by Gasteiger charge is 2.12. The van der Waals surface area contributed by atoms with Gasteiger partial charge in [0.15, 0.2) is 0 Å². The molecule has 0 spiro atoms. The summed E-state index contributed by atoms with van der Waals surface area (Å²) in [6.07, 6.45) is 1.58. The molecule has 0 unspecified atom stereocenters. The summed E-state index contributed by atoms with van der Waals surface area (Å²) < 4.78 is 6.81. The fraction of sp³-hybridized carbons (Fsp3) is 0.294. The molecular weight excluding hydrogens is 338 g/mol. The maximum atomic E-state index is 11.9. The van der Waals surface area contributed by atoms with E-state index in [2.05, 4.69) is 46.8 Å². The Morgan fingerprint density at radius 3 is 2.76 bits per heavy atom. The summed E-state index contributed by atoms with van der Waals surface area (Å²) in [6, 6.07) is 11.7. The van der Waals surface area contributed by atoms with Crippen molar-refractivity contribution in [2.75, 3.05) is 5.75 Å². The lowest BCUT2D eigenvalue weighted by molar-refractivity contribution is -0.118. The van der Waals surface area contributed by atoms with E-state index in [1.54, 1.807) is 17.0 Å². The van der Waals surface area contributed by atoms with E-state index < -0.39 is 0 Å². The molecule has 2 heterocycles. The van der Waals surface area contributed by atoms with E-state index in [1.165, 1.54) is 17.3 Å². The number of furan rings is 1. The molecule has 25 heavy (non-hydrogen) atoms. The normalized spacial score (nSPS) is 11.0. The first-order valence-electron chi connectivity index (χ1n) is 7.94. The number of carbonyl (C=O) groups excluding carboxylic acids is 1. The first-order valence-corrected chi connectivity index (χ1v) is 8.92. The molecule has 0 saturated heterocycles. The first-order chi connectivity index (χ1) is 12.1. The van der Waals surface area contributed by atoms with Crippen molar-refractivity contribution in [1.82, 2.24) is 25.5 Å². The second kappa shape index (κ2) is 7.98. The summed E-state index contributed by atoms with van der Waals surface area (Å²) in [7, 11) is 0. The van der Waals surface area contributed by atoms with Gasteiger partial charge in [0, 0.05) is 0 Å². The zero-order chi connectivity index (χ0) is 17.6. The molecule has 7 nitrogen and oxygen atoms in total. The minimum atomic E-state index is -0.105. The van der Waals surface area contributed by atoms with E-state index >= 15 is 0 Å². The number of benzene rings is 1. The van der Waals surface area contributed by atoms with Crippen molar-refractivity contribution in [2.45, 2.75) is 31.5 Å². The molecule has 0 atom stereocenters. The molecule has 0 bridgehead atoms. The van der Waals surface area contributed by atoms with Crippen LogP contribution in [0.1, 0.15) is 31.1 Å². The number of aromatic nitrogens is 4. The molecule has 0 aliphatic carbocycles. The molecule has 2 aromatic heterocycles. The van der Waals surface area contributed by atoms with E-state index in [0.29, 0.717) is 23.4 Å². The Balaban J connectivity index is 1.58. The maximum Gasteiger partial charge on any atom is 0.230 e. The van der Waals surface area contributed by atoms with Crippen LogP contribution >= 0.6 is 11.8 Å². The van der Waals surface area contributed by atoms with E-state index in [0.717, 1.165) is 5.69 Å². The van der Waals surface area contributed by atoms with Crippen molar-refractivity contribution >= 4 is 17.7 Å². The molecule has 0 saturated carbocycles. The number of hydrogen-bond donors (Lipinski definition) is 1. The molecule has 8 heteroatoms. The van der Waals surface area contributed by atoms with Crippen LogP contribution in [-0.4, -0.2) is 31.9 Å². The highest BCUT2D eigenvalue weighted by molar-refractivity contribution is 7.99. The Kier molecular flexibility index (Phi) is 5.49. The maximum absolute atomic E-state index is 11.9. The quantitative estimate of drug-likeness (QED) is 0.655. The first kappa shape index (κ1) is 17.2. The number of carbonyl (C=O) groups is 1.